The van der Waals surface area contributed by atoms with Crippen LogP contribution in [-0.2, 0) is 0 Å². The van der Waals surface area contributed by atoms with Crippen LogP contribution in [0, 0.1) is 0 Å². The number of hydrogen-bond acceptors (Lipinski definition) is 4. The van der Waals surface area contributed by atoms with Gasteiger partial charge in [0.05, 0.1) is 0 Å². The van der Waals surface area contributed by atoms with E-state index in [0.717, 1.165) is 50.7 Å². The van der Waals surface area contributed by atoms with Gasteiger partial charge < -0.3 is 19.3 Å². The first-order chi connectivity index (χ1) is 10.7. The van der Waals surface area contributed by atoms with Gasteiger partial charge in [0.2, 0.25) is 6.79 Å². The number of anilines is 1. The zero-order valence-corrected chi connectivity index (χ0v) is 13.2. The Morgan fingerprint density at radius 1 is 1.14 bits per heavy atom. The van der Waals surface area contributed by atoms with E-state index in [2.05, 4.69) is 18.7 Å². The van der Waals surface area contributed by atoms with Crippen molar-refractivity contribution in [1.82, 2.24) is 9.80 Å². The predicted molar refractivity (Wildman–Crippen MR) is 84.7 cm³/mol. The number of benzene rings is 1. The molecule has 1 aromatic carbocycles. The second-order valence-electron chi connectivity index (χ2n) is 5.49. The average Bonchev–Trinajstić information content (AvgIpc) is 3.14. The highest BCUT2D eigenvalue weighted by atomic mass is 16.7. The van der Waals surface area contributed by atoms with Crippen molar-refractivity contribution in [2.24, 2.45) is 0 Å². The van der Waals surface area contributed by atoms with Crippen LogP contribution < -0.4 is 14.4 Å². The Hall–Kier alpha value is -1.95. The molecule has 0 aliphatic carbocycles. The van der Waals surface area contributed by atoms with Crippen LogP contribution in [0.1, 0.15) is 13.8 Å². The van der Waals surface area contributed by atoms with Crippen LogP contribution in [0.3, 0.4) is 0 Å². The Kier molecular flexibility index (Phi) is 4.38. The van der Waals surface area contributed by atoms with Crippen molar-refractivity contribution in [3.8, 4) is 11.5 Å². The van der Waals surface area contributed by atoms with Crippen molar-refractivity contribution in [1.29, 1.82) is 0 Å². The summed E-state index contributed by atoms with van der Waals surface area (Å²) in [6.45, 7) is 9.78. The van der Waals surface area contributed by atoms with Crippen LogP contribution in [-0.4, -0.2) is 61.9 Å². The highest BCUT2D eigenvalue weighted by Crippen LogP contribution is 2.36. The van der Waals surface area contributed by atoms with E-state index in [9.17, 15) is 4.79 Å². The van der Waals surface area contributed by atoms with Gasteiger partial charge in [0.1, 0.15) is 0 Å². The van der Waals surface area contributed by atoms with Crippen LogP contribution in [0.5, 0.6) is 11.5 Å². The number of carbonyl (C=O) groups is 1. The molecule has 0 aromatic heterocycles. The molecular formula is C16H23N3O3. The number of hydrogen-bond donors (Lipinski definition) is 0. The van der Waals surface area contributed by atoms with E-state index in [1.807, 2.05) is 28.0 Å². The van der Waals surface area contributed by atoms with E-state index in [4.69, 9.17) is 9.47 Å². The van der Waals surface area contributed by atoms with Crippen LogP contribution >= 0.6 is 0 Å². The van der Waals surface area contributed by atoms with E-state index >= 15 is 0 Å². The lowest BCUT2D eigenvalue weighted by Gasteiger charge is -2.23. The number of nitrogens with zero attached hydrogens (tertiary/aromatic N) is 3. The third-order valence-corrected chi connectivity index (χ3v) is 4.34. The molecule has 1 saturated heterocycles. The first-order valence-electron chi connectivity index (χ1n) is 7.91. The molecule has 0 spiro atoms. The van der Waals surface area contributed by atoms with Gasteiger partial charge in [0, 0.05) is 37.9 Å². The fourth-order valence-corrected chi connectivity index (χ4v) is 2.88. The average molecular weight is 305 g/mol. The lowest BCUT2D eigenvalue weighted by Crippen LogP contribution is -2.38. The smallest absolute Gasteiger partial charge is 0.324 e. The minimum Gasteiger partial charge on any atom is -0.454 e. The minimum absolute atomic E-state index is 0.0750. The molecular weight excluding hydrogens is 282 g/mol. The Morgan fingerprint density at radius 3 is 2.68 bits per heavy atom. The summed E-state index contributed by atoms with van der Waals surface area (Å²) in [7, 11) is 0. The van der Waals surface area contributed by atoms with Crippen molar-refractivity contribution in [3.05, 3.63) is 18.2 Å². The maximum absolute atomic E-state index is 12.6. The molecule has 0 N–H and O–H groups in total. The number of amides is 2. The normalized spacial score (nSPS) is 17.0. The Labute approximate surface area is 131 Å². The van der Waals surface area contributed by atoms with Gasteiger partial charge in [-0.25, -0.2) is 4.79 Å². The fourth-order valence-electron chi connectivity index (χ4n) is 2.88. The van der Waals surface area contributed by atoms with Gasteiger partial charge in [0.15, 0.2) is 11.5 Å². The standard InChI is InChI=1S/C16H23N3O3/c1-3-17(4-2)7-8-18-9-10-19(16(18)20)13-5-6-14-15(11-13)22-12-21-14/h5-6,11H,3-4,7-10,12H2,1-2H3. The van der Waals surface area contributed by atoms with Crippen molar-refractivity contribution in [2.45, 2.75) is 13.8 Å². The maximum atomic E-state index is 12.6. The number of likely N-dealkylation sites (N-methyl/N-ethyl adjacent to an activating group) is 1. The summed E-state index contributed by atoms with van der Waals surface area (Å²) in [6, 6.07) is 5.74. The number of ether oxygens (including phenoxy) is 2. The molecule has 0 unspecified atom stereocenters. The van der Waals surface area contributed by atoms with Gasteiger partial charge in [-0.15, -0.1) is 0 Å². The monoisotopic (exact) mass is 305 g/mol. The Morgan fingerprint density at radius 2 is 1.91 bits per heavy atom. The van der Waals surface area contributed by atoms with Crippen LogP contribution in [0.15, 0.2) is 18.2 Å². The van der Waals surface area contributed by atoms with E-state index in [1.165, 1.54) is 0 Å². The molecule has 0 atom stereocenters. The molecule has 0 saturated carbocycles. The minimum atomic E-state index is 0.0750. The van der Waals surface area contributed by atoms with Crippen LogP contribution in [0.2, 0.25) is 0 Å². The van der Waals surface area contributed by atoms with Gasteiger partial charge in [-0.3, -0.25) is 4.90 Å². The first kappa shape index (κ1) is 15.0. The third kappa shape index (κ3) is 2.83. The Bertz CT molecular complexity index is 545. The number of urea groups is 1. The molecule has 120 valence electrons. The van der Waals surface area contributed by atoms with Crippen molar-refractivity contribution in [3.63, 3.8) is 0 Å². The van der Waals surface area contributed by atoms with Gasteiger partial charge in [0.25, 0.3) is 0 Å². The molecule has 22 heavy (non-hydrogen) atoms. The fraction of sp³-hybridized carbons (Fsp3) is 0.562. The van der Waals surface area contributed by atoms with E-state index in [0.29, 0.717) is 5.75 Å². The zero-order chi connectivity index (χ0) is 15.5. The van der Waals surface area contributed by atoms with Gasteiger partial charge in [-0.1, -0.05) is 13.8 Å². The summed E-state index contributed by atoms with van der Waals surface area (Å²) >= 11 is 0. The lowest BCUT2D eigenvalue weighted by atomic mass is 10.2. The highest BCUT2D eigenvalue weighted by molar-refractivity contribution is 5.94. The summed E-state index contributed by atoms with van der Waals surface area (Å²) in [5.74, 6) is 1.46. The molecule has 6 nitrogen and oxygen atoms in total. The summed E-state index contributed by atoms with van der Waals surface area (Å²) in [6.07, 6.45) is 0. The highest BCUT2D eigenvalue weighted by Gasteiger charge is 2.30. The number of carbonyl (C=O) groups excluding carboxylic acids is 1. The summed E-state index contributed by atoms with van der Waals surface area (Å²) in [5.41, 5.74) is 0.875. The molecule has 1 aromatic rings. The van der Waals surface area contributed by atoms with Crippen LogP contribution in [0.25, 0.3) is 0 Å². The largest absolute Gasteiger partial charge is 0.454 e. The molecule has 2 heterocycles. The molecule has 6 heteroatoms. The molecule has 2 aliphatic heterocycles. The van der Waals surface area contributed by atoms with Gasteiger partial charge >= 0.3 is 6.03 Å². The Balaban J connectivity index is 1.63. The summed E-state index contributed by atoms with van der Waals surface area (Å²) in [5, 5.41) is 0. The van der Waals surface area contributed by atoms with E-state index in [1.54, 1.807) is 0 Å². The third-order valence-electron chi connectivity index (χ3n) is 4.34. The number of fused-ring (bicyclic) bond motifs is 1. The molecule has 0 bridgehead atoms. The molecule has 0 radical (unpaired) electrons. The first-order valence-corrected chi connectivity index (χ1v) is 7.91. The zero-order valence-electron chi connectivity index (χ0n) is 13.2. The predicted octanol–water partition coefficient (Wildman–Crippen LogP) is 2.00. The quantitative estimate of drug-likeness (QED) is 0.806. The van der Waals surface area contributed by atoms with E-state index < -0.39 is 0 Å². The van der Waals surface area contributed by atoms with Crippen molar-refractivity contribution >= 4 is 11.7 Å². The topological polar surface area (TPSA) is 45.2 Å². The number of rotatable bonds is 6. The maximum Gasteiger partial charge on any atom is 0.324 e. The second kappa shape index (κ2) is 6.44. The SMILES string of the molecule is CCN(CC)CCN1CCN(c2ccc3c(c2)OCO3)C1=O. The van der Waals surface area contributed by atoms with Crippen molar-refractivity contribution < 1.29 is 14.3 Å². The lowest BCUT2D eigenvalue weighted by molar-refractivity contribution is 0.174. The summed E-state index contributed by atoms with van der Waals surface area (Å²) < 4.78 is 10.7. The van der Waals surface area contributed by atoms with Crippen LogP contribution in [0.4, 0.5) is 10.5 Å². The molecule has 2 aliphatic rings. The van der Waals surface area contributed by atoms with Gasteiger partial charge in [-0.2, -0.15) is 0 Å². The van der Waals surface area contributed by atoms with Gasteiger partial charge in [-0.05, 0) is 25.2 Å². The molecule has 3 rings (SSSR count). The molecule has 1 fully saturated rings. The van der Waals surface area contributed by atoms with Crippen molar-refractivity contribution in [2.75, 3.05) is 51.0 Å². The summed E-state index contributed by atoms with van der Waals surface area (Å²) in [4.78, 5) is 18.6. The van der Waals surface area contributed by atoms with E-state index in [-0.39, 0.29) is 12.8 Å². The molecule has 2 amide bonds. The second-order valence-corrected chi connectivity index (χ2v) is 5.49.